The van der Waals surface area contributed by atoms with Crippen molar-refractivity contribution in [3.63, 3.8) is 0 Å². The van der Waals surface area contributed by atoms with E-state index in [1.54, 1.807) is 11.3 Å². The third kappa shape index (κ3) is 1.72. The lowest BCUT2D eigenvalue weighted by atomic mass is 10.2. The number of aliphatic hydroxyl groups excluding tert-OH is 1. The van der Waals surface area contributed by atoms with Crippen LogP contribution in [0.25, 0.3) is 10.1 Å². The number of aliphatic hydroxyl groups is 1. The van der Waals surface area contributed by atoms with Crippen molar-refractivity contribution in [2.75, 3.05) is 0 Å². The van der Waals surface area contributed by atoms with Crippen LogP contribution in [0, 0.1) is 3.57 Å². The summed E-state index contributed by atoms with van der Waals surface area (Å²) in [6, 6.07) is 6.03. The second-order valence-corrected chi connectivity index (χ2v) is 5.69. The van der Waals surface area contributed by atoms with Crippen molar-refractivity contribution >= 4 is 56.6 Å². The molecule has 0 spiro atoms. The molecule has 13 heavy (non-hydrogen) atoms. The first-order valence-electron chi connectivity index (χ1n) is 3.73. The molecule has 2 aromatic rings. The maximum absolute atomic E-state index is 9.12. The highest BCUT2D eigenvalue weighted by atomic mass is 127. The summed E-state index contributed by atoms with van der Waals surface area (Å²) in [5.41, 5.74) is 0.987. The van der Waals surface area contributed by atoms with Crippen molar-refractivity contribution in [1.29, 1.82) is 0 Å². The summed E-state index contributed by atoms with van der Waals surface area (Å²) < 4.78 is 3.36. The Hall–Kier alpha value is 0.220. The molecule has 0 bridgehead atoms. The molecule has 1 nitrogen and oxygen atoms in total. The molecule has 0 atom stereocenters. The van der Waals surface area contributed by atoms with E-state index >= 15 is 0 Å². The van der Waals surface area contributed by atoms with Crippen LogP contribution in [0.3, 0.4) is 0 Å². The largest absolute Gasteiger partial charge is 0.392 e. The highest BCUT2D eigenvalue weighted by Gasteiger charge is 2.06. The Morgan fingerprint density at radius 2 is 2.23 bits per heavy atom. The van der Waals surface area contributed by atoms with Gasteiger partial charge in [0, 0.05) is 13.7 Å². The Labute approximate surface area is 99.3 Å². The van der Waals surface area contributed by atoms with Gasteiger partial charge in [0.2, 0.25) is 0 Å². The number of hydrogen-bond donors (Lipinski definition) is 2. The van der Waals surface area contributed by atoms with Crippen molar-refractivity contribution in [1.82, 2.24) is 0 Å². The average Bonchev–Trinajstić information content (AvgIpc) is 2.48. The maximum atomic E-state index is 9.12. The van der Waals surface area contributed by atoms with Gasteiger partial charge in [-0.3, -0.25) is 0 Å². The summed E-state index contributed by atoms with van der Waals surface area (Å²) in [5, 5.41) is 10.3. The van der Waals surface area contributed by atoms with E-state index in [4.69, 9.17) is 5.11 Å². The first-order valence-corrected chi connectivity index (χ1v) is 6.07. The zero-order valence-electron chi connectivity index (χ0n) is 6.62. The van der Waals surface area contributed by atoms with Crippen molar-refractivity contribution in [2.24, 2.45) is 0 Å². The second-order valence-electron chi connectivity index (χ2n) is 2.69. The highest BCUT2D eigenvalue weighted by molar-refractivity contribution is 14.1. The number of halogens is 1. The summed E-state index contributed by atoms with van der Waals surface area (Å²) in [5.74, 6) is 0. The standard InChI is InChI=1S/C9H7IOS2/c10-7-2-1-5(4-11)9-6(7)3-8(12)13-9/h1-3,11-12H,4H2. The lowest BCUT2D eigenvalue weighted by molar-refractivity contribution is 0.283. The van der Waals surface area contributed by atoms with E-state index in [0.29, 0.717) is 0 Å². The van der Waals surface area contributed by atoms with Crippen LogP contribution in [0.15, 0.2) is 22.4 Å². The van der Waals surface area contributed by atoms with Gasteiger partial charge >= 0.3 is 0 Å². The smallest absolute Gasteiger partial charge is 0.0695 e. The molecule has 0 aliphatic carbocycles. The van der Waals surface area contributed by atoms with Gasteiger partial charge < -0.3 is 5.11 Å². The summed E-state index contributed by atoms with van der Waals surface area (Å²) in [4.78, 5) is 0. The fourth-order valence-corrected chi connectivity index (χ4v) is 3.38. The zero-order valence-corrected chi connectivity index (χ0v) is 10.5. The van der Waals surface area contributed by atoms with E-state index in [-0.39, 0.29) is 6.61 Å². The molecule has 0 amide bonds. The van der Waals surface area contributed by atoms with Gasteiger partial charge in [-0.2, -0.15) is 0 Å². The number of benzene rings is 1. The number of thiol groups is 1. The van der Waals surface area contributed by atoms with E-state index in [9.17, 15) is 0 Å². The van der Waals surface area contributed by atoms with Gasteiger partial charge in [0.1, 0.15) is 0 Å². The van der Waals surface area contributed by atoms with Crippen LogP contribution < -0.4 is 0 Å². The number of rotatable bonds is 1. The van der Waals surface area contributed by atoms with Crippen LogP contribution >= 0.6 is 46.6 Å². The Bertz CT molecular complexity index is 450. The van der Waals surface area contributed by atoms with Crippen LogP contribution in [0.1, 0.15) is 5.56 Å². The molecular weight excluding hydrogens is 315 g/mol. The Morgan fingerprint density at radius 1 is 1.46 bits per heavy atom. The van der Waals surface area contributed by atoms with E-state index in [2.05, 4.69) is 35.2 Å². The molecule has 0 unspecified atom stereocenters. The SMILES string of the molecule is OCc1ccc(I)c2cc(S)sc12. The van der Waals surface area contributed by atoms with E-state index in [1.165, 1.54) is 8.96 Å². The van der Waals surface area contributed by atoms with Crippen molar-refractivity contribution < 1.29 is 5.11 Å². The molecule has 1 N–H and O–H groups in total. The van der Waals surface area contributed by atoms with Crippen molar-refractivity contribution in [3.05, 3.63) is 27.3 Å². The molecule has 4 heteroatoms. The third-order valence-electron chi connectivity index (χ3n) is 1.87. The summed E-state index contributed by atoms with van der Waals surface area (Å²) in [7, 11) is 0. The van der Waals surface area contributed by atoms with Crippen LogP contribution in [-0.2, 0) is 6.61 Å². The Kier molecular flexibility index (Phi) is 2.83. The molecule has 0 aliphatic rings. The van der Waals surface area contributed by atoms with Gasteiger partial charge in [0.05, 0.1) is 10.8 Å². The normalized spacial score (nSPS) is 11.0. The summed E-state index contributed by atoms with van der Waals surface area (Å²) in [6.07, 6.45) is 0. The van der Waals surface area contributed by atoms with Crippen molar-refractivity contribution in [3.8, 4) is 0 Å². The maximum Gasteiger partial charge on any atom is 0.0695 e. The molecule has 0 radical (unpaired) electrons. The fourth-order valence-electron chi connectivity index (χ4n) is 1.26. The quantitative estimate of drug-likeness (QED) is 0.610. The molecule has 0 aliphatic heterocycles. The minimum atomic E-state index is 0.0984. The first-order chi connectivity index (χ1) is 6.22. The van der Waals surface area contributed by atoms with E-state index < -0.39 is 0 Å². The van der Waals surface area contributed by atoms with Crippen LogP contribution in [0.5, 0.6) is 0 Å². The van der Waals surface area contributed by atoms with Gasteiger partial charge in [-0.05, 0) is 40.3 Å². The third-order valence-corrected chi connectivity index (χ3v) is 4.23. The molecule has 1 aromatic heterocycles. The van der Waals surface area contributed by atoms with E-state index in [0.717, 1.165) is 14.5 Å². The van der Waals surface area contributed by atoms with E-state index in [1.807, 2.05) is 18.2 Å². The predicted octanol–water partition coefficient (Wildman–Crippen LogP) is 3.29. The topological polar surface area (TPSA) is 20.2 Å². The minimum absolute atomic E-state index is 0.0984. The molecule has 1 heterocycles. The lowest BCUT2D eigenvalue weighted by Gasteiger charge is -1.99. The summed E-state index contributed by atoms with van der Waals surface area (Å²) >= 11 is 8.22. The second kappa shape index (κ2) is 3.76. The lowest BCUT2D eigenvalue weighted by Crippen LogP contribution is -1.83. The zero-order chi connectivity index (χ0) is 9.42. The Balaban J connectivity index is 2.83. The average molecular weight is 322 g/mol. The van der Waals surface area contributed by atoms with Crippen LogP contribution in [-0.4, -0.2) is 5.11 Å². The van der Waals surface area contributed by atoms with Gasteiger partial charge in [0.25, 0.3) is 0 Å². The predicted molar refractivity (Wildman–Crippen MR) is 67.7 cm³/mol. The first kappa shape index (κ1) is 9.76. The molecule has 1 aromatic carbocycles. The van der Waals surface area contributed by atoms with Gasteiger partial charge in [-0.15, -0.1) is 24.0 Å². The molecule has 0 fully saturated rings. The molecule has 2 rings (SSSR count). The number of thiophene rings is 1. The minimum Gasteiger partial charge on any atom is -0.392 e. The van der Waals surface area contributed by atoms with Crippen LogP contribution in [0.4, 0.5) is 0 Å². The highest BCUT2D eigenvalue weighted by Crippen LogP contribution is 2.33. The molecule has 0 saturated carbocycles. The van der Waals surface area contributed by atoms with Gasteiger partial charge in [0.15, 0.2) is 0 Å². The van der Waals surface area contributed by atoms with Gasteiger partial charge in [-0.1, -0.05) is 6.07 Å². The number of hydrogen-bond acceptors (Lipinski definition) is 3. The molecular formula is C9H7IOS2. The molecule has 68 valence electrons. The Morgan fingerprint density at radius 3 is 2.92 bits per heavy atom. The fraction of sp³-hybridized carbons (Fsp3) is 0.111. The summed E-state index contributed by atoms with van der Waals surface area (Å²) in [6.45, 7) is 0.0984. The monoisotopic (exact) mass is 322 g/mol. The van der Waals surface area contributed by atoms with Gasteiger partial charge in [-0.25, -0.2) is 0 Å². The molecule has 0 saturated heterocycles. The number of fused-ring (bicyclic) bond motifs is 1. The van der Waals surface area contributed by atoms with Crippen LogP contribution in [0.2, 0.25) is 0 Å². The van der Waals surface area contributed by atoms with Crippen molar-refractivity contribution in [2.45, 2.75) is 10.8 Å².